The van der Waals surface area contributed by atoms with Gasteiger partial charge in [0.1, 0.15) is 6.04 Å². The number of para-hydroxylation sites is 1. The number of aromatic nitrogens is 1. The van der Waals surface area contributed by atoms with Gasteiger partial charge >= 0.3 is 5.97 Å². The summed E-state index contributed by atoms with van der Waals surface area (Å²) in [6, 6.07) is 29.9. The molecule has 0 unspecified atom stereocenters. The van der Waals surface area contributed by atoms with E-state index in [1.54, 1.807) is 11.1 Å². The maximum absolute atomic E-state index is 14.3. The van der Waals surface area contributed by atoms with Gasteiger partial charge in [-0.1, -0.05) is 91.0 Å². The number of amides is 3. The van der Waals surface area contributed by atoms with Crippen molar-refractivity contribution in [1.82, 2.24) is 14.8 Å². The quantitative estimate of drug-likeness (QED) is 0.140. The number of nitrogens with one attached hydrogen (secondary N) is 1. The SMILES string of the molecule is CCN(C(=O)[C@H](CCCC(=O)O)NC(=O)c1cn(Cc2ccccc2)c2ccccc12)[C@H](CC(N)=O)Cc1ccc2ccccc2c1. The van der Waals surface area contributed by atoms with Crippen molar-refractivity contribution in [2.45, 2.75) is 57.7 Å². The first-order chi connectivity index (χ1) is 22.7. The molecule has 0 aliphatic carbocycles. The molecule has 242 valence electrons. The van der Waals surface area contributed by atoms with Gasteiger partial charge in [-0.25, -0.2) is 0 Å². The van der Waals surface area contributed by atoms with Crippen LogP contribution in [0.5, 0.6) is 0 Å². The molecule has 0 radical (unpaired) electrons. The first-order valence-electron chi connectivity index (χ1n) is 15.9. The number of carbonyl (C=O) groups excluding carboxylic acids is 3. The Balaban J connectivity index is 1.42. The second-order valence-electron chi connectivity index (χ2n) is 11.8. The molecule has 0 spiro atoms. The third-order valence-electron chi connectivity index (χ3n) is 8.50. The molecule has 47 heavy (non-hydrogen) atoms. The maximum atomic E-state index is 14.3. The number of carbonyl (C=O) groups is 4. The molecule has 1 heterocycles. The van der Waals surface area contributed by atoms with Crippen LogP contribution in [0.15, 0.2) is 103 Å². The highest BCUT2D eigenvalue weighted by Gasteiger charge is 2.32. The van der Waals surface area contributed by atoms with Crippen LogP contribution in [0.4, 0.5) is 0 Å². The molecule has 0 aliphatic rings. The molecule has 5 aromatic rings. The minimum absolute atomic E-state index is 0.0603. The van der Waals surface area contributed by atoms with Crippen LogP contribution in [0.1, 0.15) is 54.1 Å². The van der Waals surface area contributed by atoms with Gasteiger partial charge in [-0.3, -0.25) is 19.2 Å². The lowest BCUT2D eigenvalue weighted by molar-refractivity contribution is -0.139. The molecule has 0 saturated carbocycles. The van der Waals surface area contributed by atoms with Crippen molar-refractivity contribution in [1.29, 1.82) is 0 Å². The first-order valence-corrected chi connectivity index (χ1v) is 15.9. The Morgan fingerprint density at radius 1 is 0.872 bits per heavy atom. The lowest BCUT2D eigenvalue weighted by atomic mass is 9.97. The van der Waals surface area contributed by atoms with Crippen molar-refractivity contribution in [2.75, 3.05) is 6.54 Å². The molecule has 3 amide bonds. The number of carboxylic acid groups (broad SMARTS) is 1. The lowest BCUT2D eigenvalue weighted by Crippen LogP contribution is -2.53. The Labute approximate surface area is 274 Å². The standard InChI is InChI=1S/C38H40N4O5/c1-2-42(30(23-35(39)43)22-27-19-20-28-13-6-7-14-29(28)21-27)38(47)33(16-10-18-36(44)45)40-37(46)32-25-41(24-26-11-4-3-5-12-26)34-17-9-8-15-31(32)34/h3-9,11-15,17,19-21,25,30,33H,2,10,16,18,22-24H2,1H3,(H2,39,43)(H,40,46)(H,44,45)/t30-,33-/m0/s1. The van der Waals surface area contributed by atoms with Crippen LogP contribution in [0.3, 0.4) is 0 Å². The summed E-state index contributed by atoms with van der Waals surface area (Å²) in [6.45, 7) is 2.65. The predicted molar refractivity (Wildman–Crippen MR) is 183 cm³/mol. The van der Waals surface area contributed by atoms with E-state index in [1.165, 1.54) is 0 Å². The van der Waals surface area contributed by atoms with E-state index in [0.717, 1.165) is 32.8 Å². The van der Waals surface area contributed by atoms with Crippen molar-refractivity contribution in [3.63, 3.8) is 0 Å². The average molecular weight is 633 g/mol. The highest BCUT2D eigenvalue weighted by atomic mass is 16.4. The first kappa shape index (κ1) is 32.9. The summed E-state index contributed by atoms with van der Waals surface area (Å²) in [5.74, 6) is -2.34. The van der Waals surface area contributed by atoms with E-state index < -0.39 is 29.9 Å². The smallest absolute Gasteiger partial charge is 0.303 e. The number of rotatable bonds is 15. The Hall–Kier alpha value is -5.44. The van der Waals surface area contributed by atoms with Crippen molar-refractivity contribution in [2.24, 2.45) is 5.73 Å². The molecular weight excluding hydrogens is 592 g/mol. The zero-order valence-electron chi connectivity index (χ0n) is 26.5. The number of benzene rings is 4. The van der Waals surface area contributed by atoms with Gasteiger partial charge in [0.2, 0.25) is 11.8 Å². The summed E-state index contributed by atoms with van der Waals surface area (Å²) in [6.07, 6.45) is 2.27. The van der Waals surface area contributed by atoms with Crippen molar-refractivity contribution < 1.29 is 24.3 Å². The molecule has 5 rings (SSSR count). The van der Waals surface area contributed by atoms with E-state index >= 15 is 0 Å². The summed E-state index contributed by atoms with van der Waals surface area (Å²) in [4.78, 5) is 53.4. The minimum atomic E-state index is -1.01. The summed E-state index contributed by atoms with van der Waals surface area (Å²) in [7, 11) is 0. The summed E-state index contributed by atoms with van der Waals surface area (Å²) >= 11 is 0. The second-order valence-corrected chi connectivity index (χ2v) is 11.8. The number of fused-ring (bicyclic) bond motifs is 2. The lowest BCUT2D eigenvalue weighted by Gasteiger charge is -2.34. The Kier molecular flexibility index (Phi) is 10.7. The Bertz CT molecular complexity index is 1880. The second kappa shape index (κ2) is 15.2. The zero-order chi connectivity index (χ0) is 33.3. The maximum Gasteiger partial charge on any atom is 0.303 e. The van der Waals surface area contributed by atoms with Crippen LogP contribution in [0.25, 0.3) is 21.7 Å². The fourth-order valence-corrected chi connectivity index (χ4v) is 6.25. The highest BCUT2D eigenvalue weighted by molar-refractivity contribution is 6.08. The van der Waals surface area contributed by atoms with Gasteiger partial charge in [-0.05, 0) is 54.2 Å². The Morgan fingerprint density at radius 2 is 1.57 bits per heavy atom. The van der Waals surface area contributed by atoms with Crippen LogP contribution in [-0.2, 0) is 27.3 Å². The number of hydrogen-bond acceptors (Lipinski definition) is 4. The minimum Gasteiger partial charge on any atom is -0.481 e. The van der Waals surface area contributed by atoms with E-state index in [1.807, 2.05) is 109 Å². The third-order valence-corrected chi connectivity index (χ3v) is 8.50. The normalized spacial score (nSPS) is 12.4. The van der Waals surface area contributed by atoms with Gasteiger partial charge in [0, 0.05) is 49.1 Å². The molecule has 1 aromatic heterocycles. The van der Waals surface area contributed by atoms with Crippen molar-refractivity contribution in [3.8, 4) is 0 Å². The molecule has 9 nitrogen and oxygen atoms in total. The molecule has 9 heteroatoms. The van der Waals surface area contributed by atoms with Crippen LogP contribution >= 0.6 is 0 Å². The van der Waals surface area contributed by atoms with Crippen LogP contribution in [0, 0.1) is 0 Å². The largest absolute Gasteiger partial charge is 0.481 e. The topological polar surface area (TPSA) is 135 Å². The van der Waals surface area contributed by atoms with Gasteiger partial charge in [-0.2, -0.15) is 0 Å². The van der Waals surface area contributed by atoms with Crippen molar-refractivity contribution >= 4 is 45.4 Å². The number of aliphatic carboxylic acids is 1. The van der Waals surface area contributed by atoms with Crippen LogP contribution in [0.2, 0.25) is 0 Å². The summed E-state index contributed by atoms with van der Waals surface area (Å²) < 4.78 is 2.01. The number of primary amides is 1. The van der Waals surface area contributed by atoms with Gasteiger partial charge < -0.3 is 25.6 Å². The number of nitrogens with zero attached hydrogens (tertiary/aromatic N) is 2. The van der Waals surface area contributed by atoms with E-state index in [4.69, 9.17) is 5.73 Å². The molecule has 0 fully saturated rings. The Morgan fingerprint density at radius 3 is 2.30 bits per heavy atom. The monoisotopic (exact) mass is 632 g/mol. The number of nitrogens with two attached hydrogens (primary N) is 1. The van der Waals surface area contributed by atoms with E-state index in [0.29, 0.717) is 18.5 Å². The van der Waals surface area contributed by atoms with Gasteiger partial charge in [0.25, 0.3) is 5.91 Å². The average Bonchev–Trinajstić information content (AvgIpc) is 3.42. The molecule has 0 bridgehead atoms. The van der Waals surface area contributed by atoms with E-state index in [9.17, 15) is 24.3 Å². The molecule has 0 aliphatic heterocycles. The molecule has 0 saturated heterocycles. The fraction of sp³-hybridized carbons (Fsp3) is 0.263. The third kappa shape index (κ3) is 8.24. The number of carboxylic acids is 1. The van der Waals surface area contributed by atoms with E-state index in [-0.39, 0.29) is 38.1 Å². The van der Waals surface area contributed by atoms with Crippen LogP contribution in [-0.4, -0.2) is 56.9 Å². The molecular formula is C38H40N4O5. The van der Waals surface area contributed by atoms with Gasteiger partial charge in [-0.15, -0.1) is 0 Å². The number of likely N-dealkylation sites (N-methyl/N-ethyl adjacent to an activating group) is 1. The zero-order valence-corrected chi connectivity index (χ0v) is 26.5. The van der Waals surface area contributed by atoms with E-state index in [2.05, 4.69) is 5.32 Å². The van der Waals surface area contributed by atoms with Gasteiger partial charge in [0.05, 0.1) is 5.56 Å². The van der Waals surface area contributed by atoms with Crippen LogP contribution < -0.4 is 11.1 Å². The molecule has 4 aromatic carbocycles. The summed E-state index contributed by atoms with van der Waals surface area (Å²) in [5, 5.41) is 15.1. The fourth-order valence-electron chi connectivity index (χ4n) is 6.25. The predicted octanol–water partition coefficient (Wildman–Crippen LogP) is 5.53. The highest BCUT2D eigenvalue weighted by Crippen LogP contribution is 2.24. The number of hydrogen-bond donors (Lipinski definition) is 3. The molecule has 4 N–H and O–H groups in total. The summed E-state index contributed by atoms with van der Waals surface area (Å²) in [5.41, 5.74) is 8.99. The van der Waals surface area contributed by atoms with Crippen molar-refractivity contribution in [3.05, 3.63) is 120 Å². The van der Waals surface area contributed by atoms with Gasteiger partial charge in [0.15, 0.2) is 0 Å². The molecule has 2 atom stereocenters.